The van der Waals surface area contributed by atoms with Gasteiger partial charge in [-0.25, -0.2) is 0 Å². The molecule has 0 saturated carbocycles. The van der Waals surface area contributed by atoms with Crippen LogP contribution in [0.25, 0.3) is 0 Å². The van der Waals surface area contributed by atoms with E-state index in [1.165, 1.54) is 0 Å². The average molecular weight is 133 g/mol. The van der Waals surface area contributed by atoms with Gasteiger partial charge in [-0.15, -0.1) is 0 Å². The standard InChI is InChI=1S/C5H11NOS/c1-6-5-2-3-8(7)4-5/h5H,1-4,6H2. The van der Waals surface area contributed by atoms with Gasteiger partial charge in [-0.05, 0) is 0 Å². The molecule has 1 aliphatic heterocycles. The zero-order valence-electron chi connectivity index (χ0n) is 4.80. The topological polar surface area (TPSA) is 33.7 Å². The third-order valence-electron chi connectivity index (χ3n) is 1.45. The Hall–Kier alpha value is 0.110. The van der Waals surface area contributed by atoms with Crippen molar-refractivity contribution in [3.63, 3.8) is 0 Å². The SMILES string of the molecule is [CH2-][NH2+]C1CCS(=O)C1. The fraction of sp³-hybridized carbons (Fsp3) is 0.800. The highest BCUT2D eigenvalue weighted by molar-refractivity contribution is 7.85. The largest absolute Gasteiger partial charge is 0.476 e. The van der Waals surface area contributed by atoms with Crippen molar-refractivity contribution in [3.05, 3.63) is 7.05 Å². The van der Waals surface area contributed by atoms with Crippen molar-refractivity contribution in [1.82, 2.24) is 0 Å². The smallest absolute Gasteiger partial charge is 0.0746 e. The maximum atomic E-state index is 10.7. The Morgan fingerprint density at radius 1 is 1.75 bits per heavy atom. The molecule has 0 aromatic rings. The van der Waals surface area contributed by atoms with Gasteiger partial charge in [-0.3, -0.25) is 4.21 Å². The molecule has 48 valence electrons. The van der Waals surface area contributed by atoms with Crippen LogP contribution in [0.3, 0.4) is 0 Å². The molecule has 1 fully saturated rings. The lowest BCUT2D eigenvalue weighted by Crippen LogP contribution is -2.84. The summed E-state index contributed by atoms with van der Waals surface area (Å²) in [6.07, 6.45) is 1.08. The van der Waals surface area contributed by atoms with Crippen LogP contribution >= 0.6 is 0 Å². The Morgan fingerprint density at radius 2 is 2.50 bits per heavy atom. The quantitative estimate of drug-likeness (QED) is 0.451. The highest BCUT2D eigenvalue weighted by Crippen LogP contribution is 2.02. The molecule has 2 nitrogen and oxygen atoms in total. The molecule has 1 aliphatic rings. The second-order valence-electron chi connectivity index (χ2n) is 2.10. The molecule has 0 aromatic carbocycles. The first-order valence-corrected chi connectivity index (χ1v) is 4.29. The first-order chi connectivity index (χ1) is 3.83. The van der Waals surface area contributed by atoms with Crippen LogP contribution in [0.5, 0.6) is 0 Å². The van der Waals surface area contributed by atoms with E-state index in [0.717, 1.165) is 17.9 Å². The summed E-state index contributed by atoms with van der Waals surface area (Å²) in [5.74, 6) is 1.74. The minimum atomic E-state index is -0.524. The third-order valence-corrected chi connectivity index (χ3v) is 2.94. The van der Waals surface area contributed by atoms with Gasteiger partial charge >= 0.3 is 0 Å². The van der Waals surface area contributed by atoms with Gasteiger partial charge in [0.05, 0.1) is 11.8 Å². The molecule has 1 rings (SSSR count). The molecular weight excluding hydrogens is 122 g/mol. The van der Waals surface area contributed by atoms with E-state index in [9.17, 15) is 4.21 Å². The first kappa shape index (κ1) is 6.23. The van der Waals surface area contributed by atoms with Crippen LogP contribution in [0.1, 0.15) is 6.42 Å². The van der Waals surface area contributed by atoms with E-state index >= 15 is 0 Å². The Kier molecular flexibility index (Phi) is 2.02. The van der Waals surface area contributed by atoms with Gasteiger partial charge < -0.3 is 5.32 Å². The summed E-state index contributed by atoms with van der Waals surface area (Å²) in [6, 6.07) is 0.538. The average Bonchev–Trinajstić information content (AvgIpc) is 2.14. The molecule has 0 aromatic heterocycles. The number of quaternary nitrogens is 1. The molecule has 0 radical (unpaired) electrons. The van der Waals surface area contributed by atoms with Gasteiger partial charge in [0.1, 0.15) is 0 Å². The number of nitrogens with two attached hydrogens (primary N) is 1. The van der Waals surface area contributed by atoms with Crippen LogP contribution in [0.15, 0.2) is 0 Å². The summed E-state index contributed by atoms with van der Waals surface area (Å²) in [5.41, 5.74) is 0. The molecule has 0 bridgehead atoms. The molecule has 2 atom stereocenters. The van der Waals surface area contributed by atoms with Gasteiger partial charge in [0.25, 0.3) is 0 Å². The van der Waals surface area contributed by atoms with Crippen LogP contribution in [0.4, 0.5) is 0 Å². The molecule has 1 saturated heterocycles. The van der Waals surface area contributed by atoms with Gasteiger partial charge in [0, 0.05) is 23.0 Å². The zero-order valence-corrected chi connectivity index (χ0v) is 5.62. The van der Waals surface area contributed by atoms with Crippen molar-refractivity contribution in [1.29, 1.82) is 0 Å². The zero-order chi connectivity index (χ0) is 5.98. The lowest BCUT2D eigenvalue weighted by atomic mass is 10.3. The van der Waals surface area contributed by atoms with E-state index in [0.29, 0.717) is 6.04 Å². The summed E-state index contributed by atoms with van der Waals surface area (Å²) in [7, 11) is 3.12. The van der Waals surface area contributed by atoms with E-state index in [2.05, 4.69) is 7.05 Å². The second-order valence-corrected chi connectivity index (χ2v) is 3.72. The van der Waals surface area contributed by atoms with Crippen LogP contribution in [-0.2, 0) is 10.8 Å². The predicted molar refractivity (Wildman–Crippen MR) is 33.6 cm³/mol. The molecule has 0 amide bonds. The summed E-state index contributed by atoms with van der Waals surface area (Å²) in [4.78, 5) is 0. The van der Waals surface area contributed by atoms with Crippen LogP contribution in [-0.4, -0.2) is 21.8 Å². The Labute approximate surface area is 52.1 Å². The van der Waals surface area contributed by atoms with Crippen LogP contribution in [0.2, 0.25) is 0 Å². The summed E-state index contributed by atoms with van der Waals surface area (Å²) in [5, 5.41) is 1.91. The monoisotopic (exact) mass is 133 g/mol. The minimum Gasteiger partial charge on any atom is -0.476 e. The molecule has 0 aliphatic carbocycles. The Bertz CT molecular complexity index is 105. The lowest BCUT2D eigenvalue weighted by molar-refractivity contribution is -0.628. The minimum absolute atomic E-state index is 0.524. The molecule has 2 N–H and O–H groups in total. The fourth-order valence-electron chi connectivity index (χ4n) is 0.874. The van der Waals surface area contributed by atoms with E-state index in [4.69, 9.17) is 0 Å². The summed E-state index contributed by atoms with van der Waals surface area (Å²) in [6.45, 7) is 0. The van der Waals surface area contributed by atoms with Crippen molar-refractivity contribution < 1.29 is 9.53 Å². The van der Waals surface area contributed by atoms with Crippen LogP contribution < -0.4 is 5.32 Å². The first-order valence-electron chi connectivity index (χ1n) is 2.80. The van der Waals surface area contributed by atoms with Gasteiger partial charge in [0.15, 0.2) is 0 Å². The lowest BCUT2D eigenvalue weighted by Gasteiger charge is -2.04. The molecule has 8 heavy (non-hydrogen) atoms. The van der Waals surface area contributed by atoms with Gasteiger partial charge in [-0.1, -0.05) is 0 Å². The van der Waals surface area contributed by atoms with E-state index < -0.39 is 10.8 Å². The van der Waals surface area contributed by atoms with Gasteiger partial charge in [-0.2, -0.15) is 7.05 Å². The van der Waals surface area contributed by atoms with E-state index in [1.54, 1.807) is 0 Å². The molecule has 3 heteroatoms. The van der Waals surface area contributed by atoms with Crippen molar-refractivity contribution in [2.45, 2.75) is 12.5 Å². The van der Waals surface area contributed by atoms with E-state index in [-0.39, 0.29) is 0 Å². The number of hydrogen-bond donors (Lipinski definition) is 1. The van der Waals surface area contributed by atoms with Crippen molar-refractivity contribution in [2.75, 3.05) is 11.5 Å². The highest BCUT2D eigenvalue weighted by Gasteiger charge is 2.19. The number of rotatable bonds is 1. The van der Waals surface area contributed by atoms with Crippen molar-refractivity contribution in [2.24, 2.45) is 0 Å². The van der Waals surface area contributed by atoms with Crippen LogP contribution in [0, 0.1) is 7.05 Å². The van der Waals surface area contributed by atoms with Gasteiger partial charge in [0.2, 0.25) is 0 Å². The molecule has 2 unspecified atom stereocenters. The predicted octanol–water partition coefficient (Wildman–Crippen LogP) is -1.14. The maximum absolute atomic E-state index is 10.7. The summed E-state index contributed by atoms with van der Waals surface area (Å²) < 4.78 is 10.7. The summed E-state index contributed by atoms with van der Waals surface area (Å²) >= 11 is 0. The van der Waals surface area contributed by atoms with Crippen molar-refractivity contribution >= 4 is 10.8 Å². The highest BCUT2D eigenvalue weighted by atomic mass is 32.2. The fourth-order valence-corrected chi connectivity index (χ4v) is 2.39. The molecule has 1 heterocycles. The normalized spacial score (nSPS) is 38.1. The Balaban J connectivity index is 2.32. The number of hydrogen-bond acceptors (Lipinski definition) is 1. The van der Waals surface area contributed by atoms with E-state index in [1.807, 2.05) is 5.32 Å². The second kappa shape index (κ2) is 2.60. The molecule has 0 spiro atoms. The Morgan fingerprint density at radius 3 is 2.75 bits per heavy atom. The molecular formula is C5H11NOS. The maximum Gasteiger partial charge on any atom is 0.0746 e. The van der Waals surface area contributed by atoms with Crippen molar-refractivity contribution in [3.8, 4) is 0 Å². The third kappa shape index (κ3) is 1.29.